The minimum absolute atomic E-state index is 0.0106. The van der Waals surface area contributed by atoms with Crippen molar-refractivity contribution in [3.05, 3.63) is 52.9 Å². The number of anilines is 2. The van der Waals surface area contributed by atoms with E-state index in [9.17, 15) is 5.11 Å². The van der Waals surface area contributed by atoms with Gasteiger partial charge in [-0.3, -0.25) is 4.99 Å². The Balaban J connectivity index is 1.42. The summed E-state index contributed by atoms with van der Waals surface area (Å²) >= 11 is 1.37. The lowest BCUT2D eigenvalue weighted by atomic mass is 10.1. The topological polar surface area (TPSA) is 76.0 Å². The third-order valence-electron chi connectivity index (χ3n) is 4.10. The first-order valence-electron chi connectivity index (χ1n) is 7.98. The number of allylic oxidation sites excluding steroid dienone is 1. The second-order valence-corrected chi connectivity index (χ2v) is 6.81. The Bertz CT molecular complexity index is 1070. The fourth-order valence-electron chi connectivity index (χ4n) is 2.86. The van der Waals surface area contributed by atoms with E-state index >= 15 is 0 Å². The van der Waals surface area contributed by atoms with Gasteiger partial charge < -0.3 is 19.9 Å². The maximum Gasteiger partial charge on any atom is 0.231 e. The molecule has 0 fully saturated rings. The van der Waals surface area contributed by atoms with Crippen LogP contribution < -0.4 is 14.8 Å². The quantitative estimate of drug-likeness (QED) is 0.712. The van der Waals surface area contributed by atoms with Crippen LogP contribution in [-0.4, -0.2) is 23.1 Å². The number of nitrogens with zero attached hydrogens (tertiary/aromatic N) is 2. The average molecular weight is 363 g/mol. The van der Waals surface area contributed by atoms with Crippen molar-refractivity contribution < 1.29 is 14.6 Å². The Morgan fingerprint density at radius 2 is 2.00 bits per heavy atom. The summed E-state index contributed by atoms with van der Waals surface area (Å²) in [5.74, 6) is 1.41. The number of thiazole rings is 1. The predicted molar refractivity (Wildman–Crippen MR) is 102 cm³/mol. The van der Waals surface area contributed by atoms with Crippen LogP contribution in [0, 0.1) is 0 Å². The molecule has 0 radical (unpaired) electrons. The van der Waals surface area contributed by atoms with Crippen LogP contribution in [0.15, 0.2) is 47.5 Å². The molecule has 0 spiro atoms. The second kappa shape index (κ2) is 5.89. The molecule has 2 aromatic carbocycles. The lowest BCUT2D eigenvalue weighted by Crippen LogP contribution is -1.93. The lowest BCUT2D eigenvalue weighted by molar-refractivity contribution is 0.174. The first kappa shape index (κ1) is 15.0. The van der Waals surface area contributed by atoms with Gasteiger partial charge in [0.15, 0.2) is 16.6 Å². The van der Waals surface area contributed by atoms with Crippen molar-refractivity contribution in [1.29, 1.82) is 0 Å². The van der Waals surface area contributed by atoms with Crippen molar-refractivity contribution in [1.82, 2.24) is 4.98 Å². The molecule has 0 saturated heterocycles. The van der Waals surface area contributed by atoms with Crippen molar-refractivity contribution in [2.45, 2.75) is 0 Å². The van der Waals surface area contributed by atoms with Gasteiger partial charge in [-0.1, -0.05) is 29.5 Å². The molecule has 3 heterocycles. The van der Waals surface area contributed by atoms with Gasteiger partial charge in [0.05, 0.1) is 10.6 Å². The van der Waals surface area contributed by atoms with Crippen molar-refractivity contribution in [3.8, 4) is 17.4 Å². The molecule has 0 aliphatic carbocycles. The molecular formula is C19H13N3O3S. The molecule has 0 saturated carbocycles. The van der Waals surface area contributed by atoms with E-state index in [1.54, 1.807) is 6.21 Å². The van der Waals surface area contributed by atoms with E-state index in [0.717, 1.165) is 28.3 Å². The smallest absolute Gasteiger partial charge is 0.231 e. The summed E-state index contributed by atoms with van der Waals surface area (Å²) in [5.41, 5.74) is 3.75. The van der Waals surface area contributed by atoms with Crippen LogP contribution in [0.25, 0.3) is 11.6 Å². The monoisotopic (exact) mass is 363 g/mol. The molecule has 2 N–H and O–H groups in total. The van der Waals surface area contributed by atoms with Crippen molar-refractivity contribution >= 4 is 45.7 Å². The molecule has 0 bridgehead atoms. The van der Waals surface area contributed by atoms with Crippen LogP contribution in [-0.2, 0) is 0 Å². The molecule has 2 aliphatic rings. The first-order valence-corrected chi connectivity index (χ1v) is 8.79. The lowest BCUT2D eigenvalue weighted by Gasteiger charge is -2.03. The number of para-hydroxylation sites is 1. The molecule has 0 amide bonds. The van der Waals surface area contributed by atoms with Crippen LogP contribution in [0.3, 0.4) is 0 Å². The van der Waals surface area contributed by atoms with Crippen LogP contribution in [0.5, 0.6) is 17.4 Å². The molecule has 3 aromatic rings. The molecule has 0 unspecified atom stereocenters. The van der Waals surface area contributed by atoms with Gasteiger partial charge in [0, 0.05) is 29.1 Å². The van der Waals surface area contributed by atoms with Crippen LogP contribution in [0.2, 0.25) is 0 Å². The van der Waals surface area contributed by atoms with E-state index in [1.165, 1.54) is 11.3 Å². The molecule has 1 aromatic heterocycles. The van der Waals surface area contributed by atoms with E-state index in [0.29, 0.717) is 15.8 Å². The number of benzene rings is 2. The molecule has 26 heavy (non-hydrogen) atoms. The summed E-state index contributed by atoms with van der Waals surface area (Å²) in [6.07, 6.45) is 3.70. The van der Waals surface area contributed by atoms with Gasteiger partial charge in [0.25, 0.3) is 0 Å². The van der Waals surface area contributed by atoms with E-state index in [-0.39, 0.29) is 12.7 Å². The number of aromatic hydroxyl groups is 1. The van der Waals surface area contributed by atoms with Gasteiger partial charge in [-0.05, 0) is 24.3 Å². The van der Waals surface area contributed by atoms with Gasteiger partial charge in [0.1, 0.15) is 0 Å². The number of ether oxygens (including phenoxy) is 2. The third kappa shape index (κ3) is 2.58. The summed E-state index contributed by atoms with van der Waals surface area (Å²) in [4.78, 5) is 9.25. The summed E-state index contributed by atoms with van der Waals surface area (Å²) < 4.78 is 10.7. The van der Waals surface area contributed by atoms with Gasteiger partial charge in [-0.2, -0.15) is 4.98 Å². The minimum atomic E-state index is -0.0106. The van der Waals surface area contributed by atoms with Crippen LogP contribution >= 0.6 is 11.3 Å². The van der Waals surface area contributed by atoms with E-state index < -0.39 is 0 Å². The number of rotatable bonds is 3. The van der Waals surface area contributed by atoms with Crippen molar-refractivity contribution in [3.63, 3.8) is 0 Å². The highest BCUT2D eigenvalue weighted by Gasteiger charge is 2.16. The Morgan fingerprint density at radius 3 is 2.96 bits per heavy atom. The fraction of sp³-hybridized carbons (Fsp3) is 0.0526. The molecule has 6 nitrogen and oxygen atoms in total. The molecule has 2 aliphatic heterocycles. The Labute approximate surface area is 153 Å². The van der Waals surface area contributed by atoms with Gasteiger partial charge >= 0.3 is 0 Å². The fourth-order valence-corrected chi connectivity index (χ4v) is 3.70. The minimum Gasteiger partial charge on any atom is -0.492 e. The number of aliphatic imine (C=N–C) groups is 1. The SMILES string of the molecule is Oc1nc(Nc2ccc3c(c2)OCO3)sc1/C=C1\C=Nc2ccccc21. The van der Waals surface area contributed by atoms with E-state index in [1.807, 2.05) is 48.5 Å². The normalized spacial score (nSPS) is 15.5. The maximum atomic E-state index is 10.2. The Hall–Kier alpha value is -3.32. The zero-order valence-electron chi connectivity index (χ0n) is 13.5. The highest BCUT2D eigenvalue weighted by molar-refractivity contribution is 7.16. The summed E-state index contributed by atoms with van der Waals surface area (Å²) in [7, 11) is 0. The Morgan fingerprint density at radius 1 is 1.12 bits per heavy atom. The molecule has 5 rings (SSSR count). The number of hydrogen-bond acceptors (Lipinski definition) is 7. The largest absolute Gasteiger partial charge is 0.492 e. The number of aromatic nitrogens is 1. The molecular weight excluding hydrogens is 350 g/mol. The second-order valence-electron chi connectivity index (χ2n) is 5.77. The highest BCUT2D eigenvalue weighted by Crippen LogP contribution is 2.39. The Kier molecular flexibility index (Phi) is 3.39. The van der Waals surface area contributed by atoms with Crippen LogP contribution in [0.4, 0.5) is 16.5 Å². The first-order chi connectivity index (χ1) is 12.8. The van der Waals surface area contributed by atoms with Gasteiger partial charge in [-0.15, -0.1) is 0 Å². The van der Waals surface area contributed by atoms with Crippen molar-refractivity contribution in [2.75, 3.05) is 12.1 Å². The highest BCUT2D eigenvalue weighted by atomic mass is 32.1. The average Bonchev–Trinajstić information content (AvgIpc) is 3.35. The molecule has 128 valence electrons. The summed E-state index contributed by atoms with van der Waals surface area (Å²) in [5, 5.41) is 14.0. The zero-order valence-corrected chi connectivity index (χ0v) is 14.3. The maximum absolute atomic E-state index is 10.2. The van der Waals surface area contributed by atoms with E-state index in [4.69, 9.17) is 9.47 Å². The van der Waals surface area contributed by atoms with Gasteiger partial charge in [-0.25, -0.2) is 0 Å². The zero-order chi connectivity index (χ0) is 17.5. The van der Waals surface area contributed by atoms with E-state index in [2.05, 4.69) is 15.3 Å². The predicted octanol–water partition coefficient (Wildman–Crippen LogP) is 4.58. The van der Waals surface area contributed by atoms with Gasteiger partial charge in [0.2, 0.25) is 12.7 Å². The number of hydrogen-bond donors (Lipinski definition) is 2. The molecule has 0 atom stereocenters. The van der Waals surface area contributed by atoms with Crippen molar-refractivity contribution in [2.24, 2.45) is 4.99 Å². The third-order valence-corrected chi connectivity index (χ3v) is 5.01. The van der Waals surface area contributed by atoms with Crippen LogP contribution in [0.1, 0.15) is 10.4 Å². The molecule has 7 heteroatoms. The summed E-state index contributed by atoms with van der Waals surface area (Å²) in [6.45, 7) is 0.234. The summed E-state index contributed by atoms with van der Waals surface area (Å²) in [6, 6.07) is 13.5. The number of fused-ring (bicyclic) bond motifs is 2. The number of nitrogens with one attached hydrogen (secondary N) is 1. The standard InChI is InChI=1S/C19H13N3O3S/c23-18-17(7-11-9-20-14-4-2-1-3-13(11)14)26-19(22-18)21-12-5-6-15-16(8-12)25-10-24-15/h1-9,23H,10H2,(H,21,22)/b11-7+.